The summed E-state index contributed by atoms with van der Waals surface area (Å²) in [6, 6.07) is 7.42. The molecule has 1 fully saturated rings. The van der Waals surface area contributed by atoms with Crippen LogP contribution in [-0.4, -0.2) is 41.3 Å². The number of carbonyl (C=O) groups excluding carboxylic acids is 2. The van der Waals surface area contributed by atoms with E-state index >= 15 is 0 Å². The van der Waals surface area contributed by atoms with Gasteiger partial charge in [0.1, 0.15) is 11.8 Å². The fourth-order valence-corrected chi connectivity index (χ4v) is 4.31. The van der Waals surface area contributed by atoms with Gasteiger partial charge in [-0.3, -0.25) is 14.4 Å². The van der Waals surface area contributed by atoms with E-state index in [4.69, 9.17) is 4.42 Å². The Bertz CT molecular complexity index is 1230. The van der Waals surface area contributed by atoms with Crippen molar-refractivity contribution in [3.63, 3.8) is 0 Å². The molecular weight excluding hydrogens is 406 g/mol. The summed E-state index contributed by atoms with van der Waals surface area (Å²) in [7, 11) is 0. The fraction of sp³-hybridized carbons (Fsp3) is 0.400. The molecule has 3 aromatic rings. The van der Waals surface area contributed by atoms with Crippen molar-refractivity contribution in [3.8, 4) is 11.1 Å². The van der Waals surface area contributed by atoms with Gasteiger partial charge in [0.05, 0.1) is 5.56 Å². The Morgan fingerprint density at radius 2 is 2.06 bits per heavy atom. The molecule has 4 rings (SSSR count). The molecule has 3 heterocycles. The highest BCUT2D eigenvalue weighted by molar-refractivity contribution is 6.07. The van der Waals surface area contributed by atoms with Crippen LogP contribution in [0.4, 0.5) is 0 Å². The van der Waals surface area contributed by atoms with Crippen LogP contribution in [-0.2, 0) is 10.2 Å². The van der Waals surface area contributed by atoms with Gasteiger partial charge in [-0.2, -0.15) is 0 Å². The topological polar surface area (TPSA) is 95.4 Å². The lowest BCUT2D eigenvalue weighted by molar-refractivity contribution is -0.119. The molecule has 0 saturated carbocycles. The number of pyridine rings is 1. The lowest BCUT2D eigenvalue weighted by Crippen LogP contribution is -2.32. The SMILES string of the molecule is CC(=O)NC[C@H]1CCN(C(=O)c2coc3c(C(C)(C)C)cc(-c4ccc[nH]c4=O)cc23)C1. The van der Waals surface area contributed by atoms with Gasteiger partial charge in [0.15, 0.2) is 0 Å². The van der Waals surface area contributed by atoms with E-state index in [9.17, 15) is 14.4 Å². The van der Waals surface area contributed by atoms with Crippen LogP contribution in [0.25, 0.3) is 22.1 Å². The largest absolute Gasteiger partial charge is 0.463 e. The van der Waals surface area contributed by atoms with E-state index in [2.05, 4.69) is 31.1 Å². The molecule has 7 heteroatoms. The van der Waals surface area contributed by atoms with Gasteiger partial charge >= 0.3 is 0 Å². The lowest BCUT2D eigenvalue weighted by Gasteiger charge is -2.21. The third-order valence-corrected chi connectivity index (χ3v) is 6.05. The van der Waals surface area contributed by atoms with Gasteiger partial charge in [0.2, 0.25) is 5.91 Å². The van der Waals surface area contributed by atoms with Crippen LogP contribution in [0.2, 0.25) is 0 Å². The number of fused-ring (bicyclic) bond motifs is 1. The first kappa shape index (κ1) is 21.9. The number of hydrogen-bond acceptors (Lipinski definition) is 4. The maximum atomic E-state index is 13.4. The molecule has 1 aromatic carbocycles. The van der Waals surface area contributed by atoms with Crippen LogP contribution < -0.4 is 10.9 Å². The molecule has 0 bridgehead atoms. The van der Waals surface area contributed by atoms with Crippen molar-refractivity contribution < 1.29 is 14.0 Å². The number of benzene rings is 1. The zero-order chi connectivity index (χ0) is 23.0. The highest BCUT2D eigenvalue weighted by Gasteiger charge is 2.30. The van der Waals surface area contributed by atoms with Crippen LogP contribution in [0.15, 0.2) is 45.9 Å². The molecule has 2 amide bonds. The molecule has 1 aliphatic heterocycles. The summed E-state index contributed by atoms with van der Waals surface area (Å²) in [6.07, 6.45) is 3.98. The van der Waals surface area contributed by atoms with Gasteiger partial charge in [-0.25, -0.2) is 0 Å². The van der Waals surface area contributed by atoms with Crippen molar-refractivity contribution >= 4 is 22.8 Å². The molecule has 1 aliphatic rings. The first-order chi connectivity index (χ1) is 15.1. The Labute approximate surface area is 186 Å². The van der Waals surface area contributed by atoms with Crippen LogP contribution in [0.1, 0.15) is 50.0 Å². The van der Waals surface area contributed by atoms with E-state index < -0.39 is 0 Å². The van der Waals surface area contributed by atoms with Crippen LogP contribution in [0.3, 0.4) is 0 Å². The Morgan fingerprint density at radius 3 is 2.75 bits per heavy atom. The summed E-state index contributed by atoms with van der Waals surface area (Å²) in [6.45, 7) is 9.54. The molecule has 1 saturated heterocycles. The number of nitrogens with one attached hydrogen (secondary N) is 2. The molecule has 32 heavy (non-hydrogen) atoms. The molecule has 0 aliphatic carbocycles. The molecule has 2 N–H and O–H groups in total. The van der Waals surface area contributed by atoms with E-state index in [-0.39, 0.29) is 28.7 Å². The lowest BCUT2D eigenvalue weighted by atomic mass is 9.84. The average Bonchev–Trinajstić information content (AvgIpc) is 3.38. The number of nitrogens with zero attached hydrogens (tertiary/aromatic N) is 1. The molecule has 2 aromatic heterocycles. The molecule has 0 unspecified atom stereocenters. The summed E-state index contributed by atoms with van der Waals surface area (Å²) in [5.41, 5.74) is 3.00. The fourth-order valence-electron chi connectivity index (χ4n) is 4.31. The highest BCUT2D eigenvalue weighted by Crippen LogP contribution is 2.37. The summed E-state index contributed by atoms with van der Waals surface area (Å²) in [5, 5.41) is 3.55. The van der Waals surface area contributed by atoms with Crippen molar-refractivity contribution in [3.05, 3.63) is 58.2 Å². The van der Waals surface area contributed by atoms with Gasteiger partial charge < -0.3 is 19.6 Å². The normalized spacial score (nSPS) is 16.5. The minimum atomic E-state index is -0.245. The van der Waals surface area contributed by atoms with Gasteiger partial charge in [0.25, 0.3) is 11.5 Å². The van der Waals surface area contributed by atoms with Crippen molar-refractivity contribution in [2.45, 2.75) is 39.5 Å². The Hall–Kier alpha value is -3.35. The van der Waals surface area contributed by atoms with Crippen LogP contribution in [0.5, 0.6) is 0 Å². The molecular formula is C25H29N3O4. The van der Waals surface area contributed by atoms with Gasteiger partial charge in [-0.1, -0.05) is 20.8 Å². The summed E-state index contributed by atoms with van der Waals surface area (Å²) in [4.78, 5) is 41.6. The number of carbonyl (C=O) groups is 2. The number of aromatic nitrogens is 1. The van der Waals surface area contributed by atoms with Gasteiger partial charge in [-0.05, 0) is 47.6 Å². The van der Waals surface area contributed by atoms with E-state index in [1.165, 1.54) is 13.2 Å². The highest BCUT2D eigenvalue weighted by atomic mass is 16.3. The first-order valence-electron chi connectivity index (χ1n) is 10.9. The van der Waals surface area contributed by atoms with Crippen LogP contribution in [0, 0.1) is 5.92 Å². The van der Waals surface area contributed by atoms with Gasteiger partial charge in [0, 0.05) is 49.3 Å². The number of rotatable bonds is 4. The standard InChI is InChI=1S/C25H29N3O4/c1-15(29)27-12-16-7-9-28(13-16)24(31)20-14-32-22-19(20)10-17(11-21(22)25(2,3)4)18-6-5-8-26-23(18)30/h5-6,8,10-11,14,16H,7,9,12-13H2,1-4H3,(H,26,30)(H,27,29)/t16-/m1/s1. The third-order valence-electron chi connectivity index (χ3n) is 6.05. The summed E-state index contributed by atoms with van der Waals surface area (Å²) in [5.74, 6) is 0.0892. The molecule has 1 atom stereocenters. The smallest absolute Gasteiger partial charge is 0.257 e. The van der Waals surface area contributed by atoms with Crippen LogP contribution >= 0.6 is 0 Å². The number of furan rings is 1. The first-order valence-corrected chi connectivity index (χ1v) is 10.9. The molecule has 7 nitrogen and oxygen atoms in total. The minimum Gasteiger partial charge on any atom is -0.463 e. The quantitative estimate of drug-likeness (QED) is 0.653. The zero-order valence-corrected chi connectivity index (χ0v) is 19.0. The molecule has 168 valence electrons. The average molecular weight is 436 g/mol. The second-order valence-electron chi connectivity index (χ2n) is 9.56. The van der Waals surface area contributed by atoms with Gasteiger partial charge in [-0.15, -0.1) is 0 Å². The third kappa shape index (κ3) is 4.20. The van der Waals surface area contributed by atoms with E-state index in [0.29, 0.717) is 41.7 Å². The van der Waals surface area contributed by atoms with Crippen molar-refractivity contribution in [2.75, 3.05) is 19.6 Å². The van der Waals surface area contributed by atoms with E-state index in [0.717, 1.165) is 17.5 Å². The molecule has 0 radical (unpaired) electrons. The number of likely N-dealkylation sites (tertiary alicyclic amines) is 1. The maximum absolute atomic E-state index is 13.4. The Balaban J connectivity index is 1.74. The number of hydrogen-bond donors (Lipinski definition) is 2. The second-order valence-corrected chi connectivity index (χ2v) is 9.56. The number of aromatic amines is 1. The Kier molecular flexibility index (Phi) is 5.67. The second kappa shape index (κ2) is 8.30. The Morgan fingerprint density at radius 1 is 1.28 bits per heavy atom. The van der Waals surface area contributed by atoms with E-state index in [1.807, 2.05) is 17.0 Å². The monoisotopic (exact) mass is 435 g/mol. The van der Waals surface area contributed by atoms with Crippen molar-refractivity contribution in [1.82, 2.24) is 15.2 Å². The van der Waals surface area contributed by atoms with Crippen molar-refractivity contribution in [2.24, 2.45) is 5.92 Å². The molecule has 0 spiro atoms. The predicted molar refractivity (Wildman–Crippen MR) is 124 cm³/mol. The summed E-state index contributed by atoms with van der Waals surface area (Å²) >= 11 is 0. The maximum Gasteiger partial charge on any atom is 0.257 e. The number of amides is 2. The number of H-pyrrole nitrogens is 1. The predicted octanol–water partition coefficient (Wildman–Crippen LogP) is 3.68. The van der Waals surface area contributed by atoms with Crippen molar-refractivity contribution in [1.29, 1.82) is 0 Å². The summed E-state index contributed by atoms with van der Waals surface area (Å²) < 4.78 is 5.92. The zero-order valence-electron chi connectivity index (χ0n) is 19.0. The van der Waals surface area contributed by atoms with E-state index in [1.54, 1.807) is 18.3 Å². The minimum absolute atomic E-state index is 0.0613.